The minimum absolute atomic E-state index is 0.548. The second-order valence-electron chi connectivity index (χ2n) is 5.27. The number of ether oxygens (including phenoxy) is 2. The summed E-state index contributed by atoms with van der Waals surface area (Å²) < 4.78 is 11.1. The van der Waals surface area contributed by atoms with Crippen molar-refractivity contribution in [1.82, 2.24) is 0 Å². The zero-order valence-electron chi connectivity index (χ0n) is 12.2. The monoisotopic (exact) mass is 303 g/mol. The van der Waals surface area contributed by atoms with Gasteiger partial charge in [0.05, 0.1) is 5.02 Å². The topological polar surface area (TPSA) is 30.5 Å². The summed E-state index contributed by atoms with van der Waals surface area (Å²) in [6.45, 7) is 6.01. The van der Waals surface area contributed by atoms with E-state index in [9.17, 15) is 0 Å². The number of fused-ring (bicyclic) bond motifs is 1. The molecule has 1 aliphatic heterocycles. The van der Waals surface area contributed by atoms with E-state index in [4.69, 9.17) is 21.1 Å². The smallest absolute Gasteiger partial charge is 0.179 e. The van der Waals surface area contributed by atoms with E-state index in [0.29, 0.717) is 30.5 Å². The zero-order chi connectivity index (χ0) is 14.8. The first kappa shape index (κ1) is 14.1. The number of hydrogen-bond donors (Lipinski definition) is 1. The summed E-state index contributed by atoms with van der Waals surface area (Å²) in [7, 11) is 0. The lowest BCUT2D eigenvalue weighted by Crippen LogP contribution is -2.16. The van der Waals surface area contributed by atoms with E-state index < -0.39 is 0 Å². The van der Waals surface area contributed by atoms with E-state index >= 15 is 0 Å². The fourth-order valence-corrected chi connectivity index (χ4v) is 2.76. The van der Waals surface area contributed by atoms with E-state index in [1.165, 1.54) is 11.1 Å². The van der Waals surface area contributed by atoms with Crippen molar-refractivity contribution in [2.45, 2.75) is 20.4 Å². The van der Waals surface area contributed by atoms with Gasteiger partial charge in [-0.15, -0.1) is 0 Å². The Balaban J connectivity index is 1.77. The van der Waals surface area contributed by atoms with Crippen LogP contribution in [0, 0.1) is 13.8 Å². The maximum absolute atomic E-state index is 6.25. The van der Waals surface area contributed by atoms with Crippen LogP contribution in [0.4, 0.5) is 5.69 Å². The average molecular weight is 304 g/mol. The van der Waals surface area contributed by atoms with Crippen molar-refractivity contribution in [2.24, 2.45) is 0 Å². The van der Waals surface area contributed by atoms with Crippen LogP contribution >= 0.6 is 11.6 Å². The van der Waals surface area contributed by atoms with E-state index in [0.717, 1.165) is 17.0 Å². The Bertz CT molecular complexity index is 670. The van der Waals surface area contributed by atoms with E-state index in [1.807, 2.05) is 12.1 Å². The van der Waals surface area contributed by atoms with Crippen LogP contribution in [0.5, 0.6) is 11.5 Å². The molecule has 3 nitrogen and oxygen atoms in total. The third-order valence-electron chi connectivity index (χ3n) is 3.52. The summed E-state index contributed by atoms with van der Waals surface area (Å²) in [4.78, 5) is 0. The van der Waals surface area contributed by atoms with Crippen LogP contribution < -0.4 is 14.8 Å². The Labute approximate surface area is 129 Å². The van der Waals surface area contributed by atoms with Crippen molar-refractivity contribution in [2.75, 3.05) is 18.5 Å². The molecule has 0 aromatic heterocycles. The van der Waals surface area contributed by atoms with Crippen molar-refractivity contribution in [3.63, 3.8) is 0 Å². The van der Waals surface area contributed by atoms with Crippen molar-refractivity contribution < 1.29 is 9.47 Å². The minimum Gasteiger partial charge on any atom is -0.486 e. The van der Waals surface area contributed by atoms with E-state index in [2.05, 4.69) is 37.4 Å². The molecule has 0 unspecified atom stereocenters. The molecule has 1 N–H and O–H groups in total. The Morgan fingerprint density at radius 1 is 1.10 bits per heavy atom. The summed E-state index contributed by atoms with van der Waals surface area (Å²) in [6, 6.07) is 10.3. The number of benzene rings is 2. The molecule has 1 heterocycles. The summed E-state index contributed by atoms with van der Waals surface area (Å²) in [5, 5.41) is 4.04. The van der Waals surface area contributed by atoms with Gasteiger partial charge >= 0.3 is 0 Å². The molecule has 0 amide bonds. The average Bonchev–Trinajstić information content (AvgIpc) is 2.46. The van der Waals surface area contributed by atoms with Crippen LogP contribution in [0.1, 0.15) is 16.7 Å². The summed E-state index contributed by atoms with van der Waals surface area (Å²) in [5.74, 6) is 1.38. The first-order valence-electron chi connectivity index (χ1n) is 7.02. The second kappa shape index (κ2) is 5.86. The molecular formula is C17H18ClNO2. The first-order valence-corrected chi connectivity index (χ1v) is 7.40. The maximum Gasteiger partial charge on any atom is 0.179 e. The predicted octanol–water partition coefficient (Wildman–Crippen LogP) is 4.34. The van der Waals surface area contributed by atoms with Crippen molar-refractivity contribution in [3.05, 3.63) is 52.0 Å². The molecule has 1 aliphatic rings. The lowest BCUT2D eigenvalue weighted by atomic mass is 10.1. The van der Waals surface area contributed by atoms with Gasteiger partial charge in [0.25, 0.3) is 0 Å². The largest absolute Gasteiger partial charge is 0.486 e. The molecule has 0 aliphatic carbocycles. The highest BCUT2D eigenvalue weighted by Crippen LogP contribution is 2.38. The lowest BCUT2D eigenvalue weighted by molar-refractivity contribution is 0.171. The highest BCUT2D eigenvalue weighted by Gasteiger charge is 2.16. The summed E-state index contributed by atoms with van der Waals surface area (Å²) in [5.41, 5.74) is 4.70. The number of anilines is 1. The Morgan fingerprint density at radius 3 is 2.71 bits per heavy atom. The quantitative estimate of drug-likeness (QED) is 0.915. The van der Waals surface area contributed by atoms with Crippen molar-refractivity contribution in [3.8, 4) is 11.5 Å². The van der Waals surface area contributed by atoms with Crippen LogP contribution in [0.25, 0.3) is 0 Å². The van der Waals surface area contributed by atoms with Gasteiger partial charge in [0.1, 0.15) is 13.2 Å². The number of halogens is 1. The van der Waals surface area contributed by atoms with E-state index in [1.54, 1.807) is 0 Å². The summed E-state index contributed by atoms with van der Waals surface area (Å²) >= 11 is 6.25. The third kappa shape index (κ3) is 3.08. The van der Waals surface area contributed by atoms with Crippen LogP contribution in [-0.4, -0.2) is 13.2 Å². The van der Waals surface area contributed by atoms with E-state index in [-0.39, 0.29) is 0 Å². The molecule has 3 rings (SSSR count). The molecule has 0 bridgehead atoms. The number of hydrogen-bond acceptors (Lipinski definition) is 3. The first-order chi connectivity index (χ1) is 10.1. The molecular weight excluding hydrogens is 286 g/mol. The highest BCUT2D eigenvalue weighted by molar-refractivity contribution is 6.32. The fourth-order valence-electron chi connectivity index (χ4n) is 2.48. The number of rotatable bonds is 3. The van der Waals surface area contributed by atoms with Gasteiger partial charge in [-0.3, -0.25) is 0 Å². The van der Waals surface area contributed by atoms with Crippen LogP contribution in [0.15, 0.2) is 30.3 Å². The Kier molecular flexibility index (Phi) is 3.93. The normalized spacial score (nSPS) is 13.1. The van der Waals surface area contributed by atoms with Gasteiger partial charge in [-0.1, -0.05) is 29.3 Å². The molecule has 0 fully saturated rings. The van der Waals surface area contributed by atoms with Crippen LogP contribution in [-0.2, 0) is 6.54 Å². The van der Waals surface area contributed by atoms with Gasteiger partial charge in [-0.2, -0.15) is 0 Å². The SMILES string of the molecule is Cc1ccc(NCc2cc(Cl)c3c(c2)OCCO3)c(C)c1. The van der Waals surface area contributed by atoms with Crippen LogP contribution in [0.2, 0.25) is 5.02 Å². The predicted molar refractivity (Wildman–Crippen MR) is 85.7 cm³/mol. The molecule has 110 valence electrons. The van der Waals surface area contributed by atoms with Gasteiger partial charge in [-0.05, 0) is 43.2 Å². The van der Waals surface area contributed by atoms with Gasteiger partial charge in [0.15, 0.2) is 11.5 Å². The molecule has 21 heavy (non-hydrogen) atoms. The van der Waals surface area contributed by atoms with Gasteiger partial charge in [-0.25, -0.2) is 0 Å². The zero-order valence-corrected chi connectivity index (χ0v) is 13.0. The number of nitrogens with one attached hydrogen (secondary N) is 1. The van der Waals surface area contributed by atoms with Gasteiger partial charge < -0.3 is 14.8 Å². The molecule has 2 aromatic carbocycles. The molecule has 0 radical (unpaired) electrons. The lowest BCUT2D eigenvalue weighted by Gasteiger charge is -2.20. The maximum atomic E-state index is 6.25. The molecule has 0 saturated carbocycles. The highest BCUT2D eigenvalue weighted by atomic mass is 35.5. The fraction of sp³-hybridized carbons (Fsp3) is 0.294. The molecule has 0 atom stereocenters. The van der Waals surface area contributed by atoms with Crippen molar-refractivity contribution >= 4 is 17.3 Å². The molecule has 0 saturated heterocycles. The summed E-state index contributed by atoms with van der Waals surface area (Å²) in [6.07, 6.45) is 0. The molecule has 0 spiro atoms. The van der Waals surface area contributed by atoms with Gasteiger partial charge in [0.2, 0.25) is 0 Å². The van der Waals surface area contributed by atoms with Gasteiger partial charge in [0, 0.05) is 12.2 Å². The van der Waals surface area contributed by atoms with Crippen molar-refractivity contribution in [1.29, 1.82) is 0 Å². The van der Waals surface area contributed by atoms with Crippen LogP contribution in [0.3, 0.4) is 0 Å². The minimum atomic E-state index is 0.548. The number of aryl methyl sites for hydroxylation is 2. The third-order valence-corrected chi connectivity index (χ3v) is 3.80. The standard InChI is InChI=1S/C17H18ClNO2/c1-11-3-4-15(12(2)7-11)19-10-13-8-14(18)17-16(9-13)20-5-6-21-17/h3-4,7-9,19H,5-6,10H2,1-2H3. The molecule has 2 aromatic rings. The second-order valence-corrected chi connectivity index (χ2v) is 5.68. The molecule has 4 heteroatoms. The Hall–Kier alpha value is -1.87. The Morgan fingerprint density at radius 2 is 1.90 bits per heavy atom.